The van der Waals surface area contributed by atoms with E-state index in [4.69, 9.17) is 4.74 Å². The fourth-order valence-corrected chi connectivity index (χ4v) is 3.78. The van der Waals surface area contributed by atoms with Gasteiger partial charge in [0.15, 0.2) is 5.72 Å². The molecule has 2 aliphatic heterocycles. The van der Waals surface area contributed by atoms with Crippen molar-refractivity contribution in [3.8, 4) is 0 Å². The highest BCUT2D eigenvalue weighted by molar-refractivity contribution is 5.78. The Kier molecular flexibility index (Phi) is 4.00. The molecule has 2 heterocycles. The van der Waals surface area contributed by atoms with Gasteiger partial charge in [0.1, 0.15) is 5.92 Å². The van der Waals surface area contributed by atoms with Crippen LogP contribution in [0.4, 0.5) is 0 Å². The van der Waals surface area contributed by atoms with Gasteiger partial charge in [0.05, 0.1) is 6.61 Å². The molecule has 0 radical (unpaired) electrons. The number of nitrogens with zero attached hydrogens (tertiary/aromatic N) is 1. The van der Waals surface area contributed by atoms with Gasteiger partial charge in [-0.2, -0.15) is 0 Å². The average Bonchev–Trinajstić information content (AvgIpc) is 2.68. The molecule has 0 aromatic heterocycles. The minimum absolute atomic E-state index is 0.216. The number of benzene rings is 1. The number of aliphatic hydroxyl groups excluding tert-OH is 1. The zero-order valence-electron chi connectivity index (χ0n) is 12.5. The van der Waals surface area contributed by atoms with E-state index in [0.717, 1.165) is 31.2 Å². The molecule has 2 aliphatic rings. The van der Waals surface area contributed by atoms with E-state index in [1.165, 1.54) is 6.42 Å². The molecule has 114 valence electrons. The Morgan fingerprint density at radius 3 is 2.86 bits per heavy atom. The van der Waals surface area contributed by atoms with Gasteiger partial charge in [-0.05, 0) is 31.9 Å². The van der Waals surface area contributed by atoms with Gasteiger partial charge in [-0.3, -0.25) is 9.69 Å². The minimum Gasteiger partial charge on any atom is -0.443 e. The number of esters is 1. The number of aliphatic hydroxyl groups is 1. The molecule has 0 saturated carbocycles. The lowest BCUT2D eigenvalue weighted by Gasteiger charge is -2.42. The first kappa shape index (κ1) is 14.5. The lowest BCUT2D eigenvalue weighted by Crippen LogP contribution is -2.51. The lowest BCUT2D eigenvalue weighted by atomic mass is 9.98. The van der Waals surface area contributed by atoms with Crippen molar-refractivity contribution in [2.45, 2.75) is 49.8 Å². The molecule has 0 aliphatic carbocycles. The zero-order valence-corrected chi connectivity index (χ0v) is 12.5. The van der Waals surface area contributed by atoms with Crippen molar-refractivity contribution in [1.82, 2.24) is 4.90 Å². The monoisotopic (exact) mass is 289 g/mol. The molecular weight excluding hydrogens is 266 g/mol. The maximum Gasteiger partial charge on any atom is 0.317 e. The fraction of sp³-hybridized carbons (Fsp3) is 0.588. The predicted molar refractivity (Wildman–Crippen MR) is 79.7 cm³/mol. The molecule has 0 spiro atoms. The van der Waals surface area contributed by atoms with Gasteiger partial charge in [0.2, 0.25) is 0 Å². The van der Waals surface area contributed by atoms with Gasteiger partial charge >= 0.3 is 5.97 Å². The van der Waals surface area contributed by atoms with Gasteiger partial charge in [0, 0.05) is 18.9 Å². The Labute approximate surface area is 125 Å². The second kappa shape index (κ2) is 5.78. The Morgan fingerprint density at radius 1 is 1.38 bits per heavy atom. The molecule has 4 heteroatoms. The Bertz CT molecular complexity index is 500. The van der Waals surface area contributed by atoms with Crippen molar-refractivity contribution in [3.63, 3.8) is 0 Å². The summed E-state index contributed by atoms with van der Waals surface area (Å²) in [5.41, 5.74) is 0.372. The van der Waals surface area contributed by atoms with Crippen LogP contribution in [0.1, 0.15) is 43.6 Å². The van der Waals surface area contributed by atoms with Crippen LogP contribution in [-0.2, 0) is 9.53 Å². The summed E-state index contributed by atoms with van der Waals surface area (Å²) in [4.78, 5) is 14.8. The van der Waals surface area contributed by atoms with Gasteiger partial charge in [-0.25, -0.2) is 0 Å². The summed E-state index contributed by atoms with van der Waals surface area (Å²) in [7, 11) is 2.06. The van der Waals surface area contributed by atoms with Gasteiger partial charge in [-0.15, -0.1) is 0 Å². The molecule has 3 rings (SSSR count). The minimum atomic E-state index is -0.588. The molecule has 1 N–H and O–H groups in total. The summed E-state index contributed by atoms with van der Waals surface area (Å²) >= 11 is 0. The summed E-state index contributed by atoms with van der Waals surface area (Å²) in [6, 6.07) is 9.92. The Hall–Kier alpha value is -1.39. The van der Waals surface area contributed by atoms with E-state index in [1.807, 2.05) is 30.3 Å². The van der Waals surface area contributed by atoms with E-state index in [9.17, 15) is 9.90 Å². The fourth-order valence-electron chi connectivity index (χ4n) is 3.78. The highest BCUT2D eigenvalue weighted by Gasteiger charge is 2.50. The van der Waals surface area contributed by atoms with Crippen molar-refractivity contribution in [2.24, 2.45) is 0 Å². The van der Waals surface area contributed by atoms with Crippen molar-refractivity contribution >= 4 is 5.97 Å². The Balaban J connectivity index is 1.76. The standard InChI is InChI=1S/C17H23NO3/c1-18-14-8-5-10-17(18,11-9-14)21-16(20)15(12-19)13-6-3-2-4-7-13/h2-4,6-7,14-15,19H,5,8-12H2,1H3/t14-,15?,17-/m1/s1. The summed E-state index contributed by atoms with van der Waals surface area (Å²) in [5.74, 6) is -0.895. The molecule has 1 unspecified atom stereocenters. The van der Waals surface area contributed by atoms with Gasteiger partial charge < -0.3 is 9.84 Å². The van der Waals surface area contributed by atoms with Crippen LogP contribution in [0.25, 0.3) is 0 Å². The first-order valence-corrected chi connectivity index (χ1v) is 7.78. The predicted octanol–water partition coefficient (Wildman–Crippen LogP) is 2.28. The van der Waals surface area contributed by atoms with Crippen molar-refractivity contribution in [2.75, 3.05) is 13.7 Å². The van der Waals surface area contributed by atoms with Crippen LogP contribution in [0.15, 0.2) is 30.3 Å². The molecule has 4 nitrogen and oxygen atoms in total. The number of rotatable bonds is 4. The van der Waals surface area contributed by atoms with Crippen LogP contribution in [0, 0.1) is 0 Å². The number of carbonyl (C=O) groups is 1. The Morgan fingerprint density at radius 2 is 2.14 bits per heavy atom. The number of piperidine rings is 1. The largest absolute Gasteiger partial charge is 0.443 e. The lowest BCUT2D eigenvalue weighted by molar-refractivity contribution is -0.187. The van der Waals surface area contributed by atoms with E-state index in [0.29, 0.717) is 6.04 Å². The number of hydrogen-bond donors (Lipinski definition) is 1. The number of fused-ring (bicyclic) bond motifs is 2. The molecule has 3 atom stereocenters. The van der Waals surface area contributed by atoms with Crippen LogP contribution in [-0.4, -0.2) is 41.4 Å². The van der Waals surface area contributed by atoms with Crippen LogP contribution in [0.3, 0.4) is 0 Å². The smallest absolute Gasteiger partial charge is 0.317 e. The van der Waals surface area contributed by atoms with E-state index in [1.54, 1.807) is 0 Å². The molecule has 2 bridgehead atoms. The van der Waals surface area contributed by atoms with Crippen molar-refractivity contribution in [1.29, 1.82) is 0 Å². The highest BCUT2D eigenvalue weighted by Crippen LogP contribution is 2.44. The topological polar surface area (TPSA) is 49.8 Å². The van der Waals surface area contributed by atoms with E-state index in [2.05, 4.69) is 11.9 Å². The van der Waals surface area contributed by atoms with Gasteiger partial charge in [0.25, 0.3) is 0 Å². The highest BCUT2D eigenvalue weighted by atomic mass is 16.6. The maximum atomic E-state index is 12.6. The van der Waals surface area contributed by atoms with E-state index >= 15 is 0 Å². The first-order valence-electron chi connectivity index (χ1n) is 7.78. The van der Waals surface area contributed by atoms with Crippen LogP contribution in [0.2, 0.25) is 0 Å². The summed E-state index contributed by atoms with van der Waals surface area (Å²) in [6.07, 6.45) is 5.21. The second-order valence-corrected chi connectivity index (χ2v) is 6.21. The molecular formula is C17H23NO3. The SMILES string of the molecule is CN1[C@@H]2CCC[C@@]1(OC(=O)C(CO)c1ccccc1)CC2. The average molecular weight is 289 g/mol. The second-order valence-electron chi connectivity index (χ2n) is 6.21. The van der Waals surface area contributed by atoms with Crippen LogP contribution >= 0.6 is 0 Å². The normalized spacial score (nSPS) is 30.1. The number of hydrogen-bond acceptors (Lipinski definition) is 4. The summed E-state index contributed by atoms with van der Waals surface area (Å²) in [5, 5.41) is 9.60. The zero-order chi connectivity index (χ0) is 14.9. The third-order valence-electron chi connectivity index (χ3n) is 5.12. The molecule has 2 saturated heterocycles. The third-order valence-corrected chi connectivity index (χ3v) is 5.12. The molecule has 2 fully saturated rings. The van der Waals surface area contributed by atoms with E-state index in [-0.39, 0.29) is 12.6 Å². The maximum absolute atomic E-state index is 12.6. The molecule has 21 heavy (non-hydrogen) atoms. The number of ether oxygens (including phenoxy) is 1. The molecule has 1 aromatic carbocycles. The quantitative estimate of drug-likeness (QED) is 0.864. The van der Waals surface area contributed by atoms with Crippen LogP contribution in [0.5, 0.6) is 0 Å². The third kappa shape index (κ3) is 2.58. The van der Waals surface area contributed by atoms with Crippen molar-refractivity contribution in [3.05, 3.63) is 35.9 Å². The first-order chi connectivity index (χ1) is 10.2. The summed E-state index contributed by atoms with van der Waals surface area (Å²) in [6.45, 7) is -0.216. The number of carbonyl (C=O) groups excluding carboxylic acids is 1. The van der Waals surface area contributed by atoms with Crippen LogP contribution < -0.4 is 0 Å². The molecule has 0 amide bonds. The van der Waals surface area contributed by atoms with Crippen molar-refractivity contribution < 1.29 is 14.6 Å². The summed E-state index contributed by atoms with van der Waals surface area (Å²) < 4.78 is 5.92. The van der Waals surface area contributed by atoms with Gasteiger partial charge in [-0.1, -0.05) is 30.3 Å². The van der Waals surface area contributed by atoms with E-state index < -0.39 is 11.6 Å². The molecule has 1 aromatic rings.